The normalized spacial score (nSPS) is 16.7. The lowest BCUT2D eigenvalue weighted by molar-refractivity contribution is -0.425. The summed E-state index contributed by atoms with van der Waals surface area (Å²) >= 11 is 5.95. The van der Waals surface area contributed by atoms with E-state index >= 15 is 0 Å². The van der Waals surface area contributed by atoms with Crippen LogP contribution in [-0.2, 0) is 0 Å². The van der Waals surface area contributed by atoms with Crippen molar-refractivity contribution < 1.29 is 17.7 Å². The largest absolute Gasteiger partial charge is 1.00 e. The van der Waals surface area contributed by atoms with Crippen LogP contribution in [0.5, 0.6) is 0 Å². The first-order chi connectivity index (χ1) is 6.86. The maximum atomic E-state index is 5.95. The third-order valence-corrected chi connectivity index (χ3v) is 2.58. The van der Waals surface area contributed by atoms with Crippen LogP contribution < -0.4 is 28.3 Å². The number of hydrogen-bond donors (Lipinski definition) is 1. The summed E-state index contributed by atoms with van der Waals surface area (Å²) in [6.07, 6.45) is 1.71. The summed E-state index contributed by atoms with van der Waals surface area (Å²) in [4.78, 5) is 8.43. The van der Waals surface area contributed by atoms with Crippen molar-refractivity contribution in [3.63, 3.8) is 0 Å². The summed E-state index contributed by atoms with van der Waals surface area (Å²) < 4.78 is 0. The molecule has 0 fully saturated rings. The SMILES string of the molecule is ClC1=C2N=c3ccccc3=C2[NH2+]C=N1.[Cl-]. The molecular weight excluding hydrogens is 233 g/mol. The Morgan fingerprint density at radius 2 is 2.00 bits per heavy atom. The van der Waals surface area contributed by atoms with Gasteiger partial charge in [0.05, 0.1) is 10.6 Å². The van der Waals surface area contributed by atoms with E-state index in [0.29, 0.717) is 5.16 Å². The molecule has 2 aliphatic heterocycles. The Labute approximate surface area is 97.3 Å². The van der Waals surface area contributed by atoms with Gasteiger partial charge in [0.2, 0.25) is 0 Å². The lowest BCUT2D eigenvalue weighted by Crippen LogP contribution is -3.00. The van der Waals surface area contributed by atoms with Crippen molar-refractivity contribution in [1.82, 2.24) is 0 Å². The molecule has 15 heavy (non-hydrogen) atoms. The zero-order chi connectivity index (χ0) is 9.54. The molecule has 0 unspecified atom stereocenters. The van der Waals surface area contributed by atoms with Gasteiger partial charge in [-0.3, -0.25) is 5.32 Å². The number of para-hydroxylation sites is 1. The maximum absolute atomic E-state index is 5.95. The zero-order valence-corrected chi connectivity index (χ0v) is 9.13. The molecule has 2 N–H and O–H groups in total. The molecule has 0 amide bonds. The standard InChI is InChI=1S/C10H6ClN3.ClH/c11-10-9-8(12-5-13-10)6-3-1-2-4-7(6)14-9;/h1-5H,(H,12,13);1H. The van der Waals surface area contributed by atoms with Gasteiger partial charge in [0.15, 0.2) is 22.9 Å². The number of aliphatic imine (C=N–C) groups is 1. The van der Waals surface area contributed by atoms with Crippen LogP contribution in [0.2, 0.25) is 0 Å². The number of hydrogen-bond acceptors (Lipinski definition) is 2. The molecule has 0 aromatic heterocycles. The van der Waals surface area contributed by atoms with Crippen LogP contribution in [0, 0.1) is 0 Å². The predicted molar refractivity (Wildman–Crippen MR) is 53.9 cm³/mol. The summed E-state index contributed by atoms with van der Waals surface area (Å²) in [5, 5.41) is 4.51. The van der Waals surface area contributed by atoms with Crippen LogP contribution in [0.15, 0.2) is 45.1 Å². The van der Waals surface area contributed by atoms with E-state index in [1.807, 2.05) is 29.6 Å². The van der Waals surface area contributed by atoms with Gasteiger partial charge in [-0.05, 0) is 12.1 Å². The number of quaternary nitrogens is 1. The molecule has 0 spiro atoms. The van der Waals surface area contributed by atoms with Gasteiger partial charge in [-0.25, -0.2) is 4.99 Å². The van der Waals surface area contributed by atoms with Gasteiger partial charge in [0, 0.05) is 0 Å². The van der Waals surface area contributed by atoms with Gasteiger partial charge in [0.25, 0.3) is 0 Å². The van der Waals surface area contributed by atoms with E-state index in [0.717, 1.165) is 22.0 Å². The third-order valence-electron chi connectivity index (χ3n) is 2.31. The summed E-state index contributed by atoms with van der Waals surface area (Å²) in [5.41, 5.74) is 1.86. The number of fused-ring (bicyclic) bond motifs is 2. The van der Waals surface area contributed by atoms with Crippen LogP contribution >= 0.6 is 11.6 Å². The molecule has 76 valence electrons. The topological polar surface area (TPSA) is 41.3 Å². The smallest absolute Gasteiger partial charge is 0.193 e. The Hall–Kier alpha value is -1.16. The first-order valence-electron chi connectivity index (χ1n) is 4.32. The highest BCUT2D eigenvalue weighted by molar-refractivity contribution is 6.30. The van der Waals surface area contributed by atoms with Crippen molar-refractivity contribution in [3.8, 4) is 0 Å². The van der Waals surface area contributed by atoms with E-state index in [4.69, 9.17) is 11.6 Å². The first-order valence-corrected chi connectivity index (χ1v) is 4.70. The first kappa shape index (κ1) is 10.4. The van der Waals surface area contributed by atoms with Crippen molar-refractivity contribution in [2.45, 2.75) is 0 Å². The minimum absolute atomic E-state index is 0. The van der Waals surface area contributed by atoms with E-state index in [9.17, 15) is 0 Å². The molecule has 1 aromatic carbocycles. The minimum atomic E-state index is 0. The second-order valence-corrected chi connectivity index (χ2v) is 3.48. The number of nitrogens with two attached hydrogens (primary N) is 1. The summed E-state index contributed by atoms with van der Waals surface area (Å²) in [6, 6.07) is 7.99. The molecule has 0 saturated heterocycles. The molecule has 0 radical (unpaired) electrons. The highest BCUT2D eigenvalue weighted by atomic mass is 35.5. The molecule has 2 heterocycles. The fraction of sp³-hybridized carbons (Fsp3) is 0. The number of nitrogens with zero attached hydrogens (tertiary/aromatic N) is 2. The summed E-state index contributed by atoms with van der Waals surface area (Å²) in [5.74, 6) is 0. The van der Waals surface area contributed by atoms with Crippen molar-refractivity contribution in [3.05, 3.63) is 45.7 Å². The van der Waals surface area contributed by atoms with Gasteiger partial charge in [-0.1, -0.05) is 23.7 Å². The number of rotatable bonds is 0. The molecular formula is C10H7Cl2N3. The molecule has 1 aromatic rings. The van der Waals surface area contributed by atoms with E-state index in [-0.39, 0.29) is 12.4 Å². The van der Waals surface area contributed by atoms with Crippen LogP contribution in [0.1, 0.15) is 0 Å². The van der Waals surface area contributed by atoms with E-state index in [1.165, 1.54) is 0 Å². The van der Waals surface area contributed by atoms with E-state index < -0.39 is 0 Å². The Kier molecular flexibility index (Phi) is 2.61. The summed E-state index contributed by atoms with van der Waals surface area (Å²) in [6.45, 7) is 0. The van der Waals surface area contributed by atoms with Gasteiger partial charge in [-0.15, -0.1) is 0 Å². The van der Waals surface area contributed by atoms with Crippen LogP contribution in [0.4, 0.5) is 0 Å². The van der Waals surface area contributed by atoms with Crippen molar-refractivity contribution >= 4 is 23.6 Å². The average Bonchev–Trinajstić information content (AvgIpc) is 2.59. The molecule has 0 saturated carbocycles. The molecule has 0 bridgehead atoms. The minimum Gasteiger partial charge on any atom is -1.00 e. The Morgan fingerprint density at radius 1 is 1.20 bits per heavy atom. The van der Waals surface area contributed by atoms with Crippen LogP contribution in [-0.4, -0.2) is 6.34 Å². The number of benzene rings is 1. The highest BCUT2D eigenvalue weighted by Gasteiger charge is 2.22. The fourth-order valence-electron chi connectivity index (χ4n) is 1.67. The lowest BCUT2D eigenvalue weighted by Gasteiger charge is -2.03. The lowest BCUT2D eigenvalue weighted by atomic mass is 10.2. The monoisotopic (exact) mass is 239 g/mol. The quantitative estimate of drug-likeness (QED) is 0.456. The number of halogens is 2. The zero-order valence-electron chi connectivity index (χ0n) is 7.61. The van der Waals surface area contributed by atoms with Gasteiger partial charge < -0.3 is 12.4 Å². The maximum Gasteiger partial charge on any atom is 0.193 e. The molecule has 0 aliphatic carbocycles. The predicted octanol–water partition coefficient (Wildman–Crippen LogP) is -3.55. The van der Waals surface area contributed by atoms with Crippen molar-refractivity contribution in [2.24, 2.45) is 9.98 Å². The van der Waals surface area contributed by atoms with Crippen molar-refractivity contribution in [1.29, 1.82) is 0 Å². The second kappa shape index (κ2) is 3.77. The molecule has 3 nitrogen and oxygen atoms in total. The van der Waals surface area contributed by atoms with Gasteiger partial charge in [0.1, 0.15) is 0 Å². The Balaban J connectivity index is 0.000000853. The Morgan fingerprint density at radius 3 is 2.87 bits per heavy atom. The fourth-order valence-corrected chi connectivity index (χ4v) is 1.87. The Bertz CT molecular complexity index is 587. The van der Waals surface area contributed by atoms with E-state index in [2.05, 4.69) is 9.98 Å². The molecule has 3 rings (SSSR count). The van der Waals surface area contributed by atoms with Crippen LogP contribution in [0.25, 0.3) is 5.70 Å². The molecule has 5 heteroatoms. The van der Waals surface area contributed by atoms with Gasteiger partial charge in [-0.2, -0.15) is 4.99 Å². The van der Waals surface area contributed by atoms with Gasteiger partial charge >= 0.3 is 0 Å². The summed E-state index contributed by atoms with van der Waals surface area (Å²) in [7, 11) is 0. The highest BCUT2D eigenvalue weighted by Crippen LogP contribution is 2.18. The third kappa shape index (κ3) is 1.49. The average molecular weight is 240 g/mol. The molecule has 2 aliphatic rings. The van der Waals surface area contributed by atoms with E-state index in [1.54, 1.807) is 6.34 Å². The molecule has 0 atom stereocenters. The second-order valence-electron chi connectivity index (χ2n) is 3.13. The van der Waals surface area contributed by atoms with Crippen LogP contribution in [0.3, 0.4) is 0 Å². The van der Waals surface area contributed by atoms with Crippen molar-refractivity contribution in [2.75, 3.05) is 0 Å².